The molecule has 0 radical (unpaired) electrons. The zero-order valence-corrected chi connectivity index (χ0v) is 15.5. The summed E-state index contributed by atoms with van der Waals surface area (Å²) >= 11 is 0. The van der Waals surface area contributed by atoms with Crippen molar-refractivity contribution >= 4 is 7.28 Å². The van der Waals surface area contributed by atoms with Crippen LogP contribution < -0.4 is 4.52 Å². The number of para-hydroxylation sites is 1. The molecular formula is C18H29O5P. The summed E-state index contributed by atoms with van der Waals surface area (Å²) in [5.41, 5.74) is -0.398. The van der Waals surface area contributed by atoms with Gasteiger partial charge >= 0.3 is 143 Å². The molecule has 5 nitrogen and oxygen atoms in total. The number of benzene rings is 1. The molecule has 0 aliphatic carbocycles. The zero-order valence-electron chi connectivity index (χ0n) is 14.6. The monoisotopic (exact) mass is 356 g/mol. The first-order valence-electron chi connectivity index (χ1n) is 8.73. The van der Waals surface area contributed by atoms with Crippen molar-refractivity contribution in [2.24, 2.45) is 10.8 Å². The summed E-state index contributed by atoms with van der Waals surface area (Å²) < 4.78 is 16.8. The molecule has 2 N–H and O–H groups in total. The summed E-state index contributed by atoms with van der Waals surface area (Å²) in [7, 11) is -4.40. The van der Waals surface area contributed by atoms with Gasteiger partial charge in [-0.05, 0) is 0 Å². The van der Waals surface area contributed by atoms with Crippen molar-refractivity contribution in [1.29, 1.82) is 0 Å². The number of ether oxygens (including phenoxy) is 2. The van der Waals surface area contributed by atoms with E-state index in [2.05, 4.69) is 13.8 Å². The molecule has 6 heteroatoms. The van der Waals surface area contributed by atoms with Crippen LogP contribution in [-0.4, -0.2) is 48.5 Å². The minimum atomic E-state index is -4.40. The van der Waals surface area contributed by atoms with Gasteiger partial charge in [-0.1, -0.05) is 0 Å². The van der Waals surface area contributed by atoms with Crippen LogP contribution in [0.4, 0.5) is 0 Å². The van der Waals surface area contributed by atoms with Gasteiger partial charge < -0.3 is 0 Å². The van der Waals surface area contributed by atoms with Gasteiger partial charge in [0, 0.05) is 0 Å². The molecular weight excluding hydrogens is 327 g/mol. The molecule has 2 saturated heterocycles. The molecule has 2 aliphatic rings. The van der Waals surface area contributed by atoms with E-state index in [1.54, 1.807) is 12.1 Å². The van der Waals surface area contributed by atoms with Gasteiger partial charge in [0.15, 0.2) is 0 Å². The molecule has 2 aliphatic heterocycles. The Hall–Kier alpha value is -0.710. The van der Waals surface area contributed by atoms with Gasteiger partial charge in [0.1, 0.15) is 0 Å². The van der Waals surface area contributed by atoms with Gasteiger partial charge in [0.2, 0.25) is 0 Å². The molecule has 136 valence electrons. The predicted molar refractivity (Wildman–Crippen MR) is 95.2 cm³/mol. The van der Waals surface area contributed by atoms with Crippen molar-refractivity contribution in [3.8, 4) is 5.75 Å². The molecule has 0 bridgehead atoms. The number of rotatable bonds is 8. The van der Waals surface area contributed by atoms with E-state index in [4.69, 9.17) is 14.0 Å². The summed E-state index contributed by atoms with van der Waals surface area (Å²) in [5.74, 6) is 0.512. The predicted octanol–water partition coefficient (Wildman–Crippen LogP) is 3.20. The number of hydrogen-bond donors (Lipinski definition) is 2. The molecule has 24 heavy (non-hydrogen) atoms. The zero-order chi connectivity index (χ0) is 17.3. The van der Waals surface area contributed by atoms with Crippen molar-refractivity contribution in [2.45, 2.75) is 26.7 Å². The Morgan fingerprint density at radius 1 is 0.917 bits per heavy atom. The molecule has 0 aromatic heterocycles. The van der Waals surface area contributed by atoms with Crippen LogP contribution in [-0.2, 0) is 9.47 Å². The fourth-order valence-corrected chi connectivity index (χ4v) is 8.15. The molecule has 1 aromatic rings. The Kier molecular flexibility index (Phi) is 4.69. The van der Waals surface area contributed by atoms with E-state index < -0.39 is 7.28 Å². The molecule has 0 atom stereocenters. The second-order valence-electron chi connectivity index (χ2n) is 7.71. The van der Waals surface area contributed by atoms with E-state index in [0.717, 1.165) is 12.8 Å². The Morgan fingerprint density at radius 3 is 1.71 bits per heavy atom. The van der Waals surface area contributed by atoms with Crippen molar-refractivity contribution < 1.29 is 23.8 Å². The molecule has 0 saturated carbocycles. The van der Waals surface area contributed by atoms with E-state index >= 15 is 0 Å². The van der Waals surface area contributed by atoms with Crippen molar-refractivity contribution in [1.82, 2.24) is 0 Å². The Balaban J connectivity index is 1.89. The van der Waals surface area contributed by atoms with E-state index in [1.165, 1.54) is 0 Å². The topological polar surface area (TPSA) is 68.2 Å². The van der Waals surface area contributed by atoms with E-state index in [1.807, 2.05) is 18.2 Å². The Labute approximate surface area is 144 Å². The van der Waals surface area contributed by atoms with Crippen LogP contribution in [0.15, 0.2) is 30.3 Å². The normalized spacial score (nSPS) is 23.4. The van der Waals surface area contributed by atoms with E-state index in [-0.39, 0.29) is 23.2 Å². The van der Waals surface area contributed by atoms with Crippen molar-refractivity contribution in [3.05, 3.63) is 30.3 Å². The fraction of sp³-hybridized carbons (Fsp3) is 0.667. The van der Waals surface area contributed by atoms with Gasteiger partial charge in [-0.3, -0.25) is 0 Å². The third-order valence-corrected chi connectivity index (χ3v) is 8.74. The van der Waals surface area contributed by atoms with E-state index in [9.17, 15) is 9.79 Å². The van der Waals surface area contributed by atoms with Gasteiger partial charge in [-0.2, -0.15) is 0 Å². The average molecular weight is 356 g/mol. The third-order valence-electron chi connectivity index (χ3n) is 5.50. The van der Waals surface area contributed by atoms with Crippen LogP contribution in [0.3, 0.4) is 0 Å². The molecule has 0 spiro atoms. The molecule has 0 unspecified atom stereocenters. The second kappa shape index (κ2) is 6.22. The molecule has 1 aromatic carbocycles. The quantitative estimate of drug-likeness (QED) is 0.700. The average Bonchev–Trinajstić information content (AvgIpc) is 2.48. The Morgan fingerprint density at radius 2 is 1.38 bits per heavy atom. The summed E-state index contributed by atoms with van der Waals surface area (Å²) in [6, 6.07) is 9.13. The SMILES string of the molecule is CCC1(CP(O)(O)(CC2(CC)COC2)Oc2ccccc2)COC1. The van der Waals surface area contributed by atoms with Crippen molar-refractivity contribution in [3.63, 3.8) is 0 Å². The standard InChI is InChI=1S/C18H29O5P/c1-3-17(10-21-11-17)14-24(19,20,15-18(4-2)12-22-13-18)23-16-8-6-5-7-9-16/h5-9,19-20H,3-4,10-15H2,1-2H3. The van der Waals surface area contributed by atoms with Crippen molar-refractivity contribution in [2.75, 3.05) is 38.8 Å². The first kappa shape index (κ1) is 18.1. The van der Waals surface area contributed by atoms with Crippen LogP contribution in [0.25, 0.3) is 0 Å². The van der Waals surface area contributed by atoms with Crippen LogP contribution in [0.1, 0.15) is 26.7 Å². The van der Waals surface area contributed by atoms with Crippen LogP contribution in [0.2, 0.25) is 0 Å². The number of hydrogen-bond acceptors (Lipinski definition) is 5. The molecule has 3 rings (SSSR count). The minimum absolute atomic E-state index is 0.199. The van der Waals surface area contributed by atoms with Crippen LogP contribution >= 0.6 is 7.28 Å². The van der Waals surface area contributed by atoms with Gasteiger partial charge in [-0.15, -0.1) is 0 Å². The maximum atomic E-state index is 11.5. The third kappa shape index (κ3) is 3.61. The fourth-order valence-electron chi connectivity index (χ4n) is 3.79. The summed E-state index contributed by atoms with van der Waals surface area (Å²) in [6.07, 6.45) is 2.21. The summed E-state index contributed by atoms with van der Waals surface area (Å²) in [6.45, 7) is 6.41. The second-order valence-corrected chi connectivity index (χ2v) is 11.1. The van der Waals surface area contributed by atoms with Gasteiger partial charge in [0.25, 0.3) is 0 Å². The van der Waals surface area contributed by atoms with Gasteiger partial charge in [-0.25, -0.2) is 0 Å². The molecule has 2 fully saturated rings. The summed E-state index contributed by atoms with van der Waals surface area (Å²) in [5, 5.41) is 0. The van der Waals surface area contributed by atoms with Crippen LogP contribution in [0.5, 0.6) is 5.75 Å². The first-order valence-corrected chi connectivity index (χ1v) is 11.2. The molecule has 0 amide bonds. The Bertz CT molecular complexity index is 527. The summed E-state index contributed by atoms with van der Waals surface area (Å²) in [4.78, 5) is 23.1. The van der Waals surface area contributed by atoms with Crippen LogP contribution in [0, 0.1) is 10.8 Å². The molecule has 2 heterocycles. The first-order chi connectivity index (χ1) is 11.3. The maximum absolute atomic E-state index is 11.5. The van der Waals surface area contributed by atoms with Gasteiger partial charge in [0.05, 0.1) is 0 Å². The van der Waals surface area contributed by atoms with E-state index in [0.29, 0.717) is 32.2 Å².